The first kappa shape index (κ1) is 24.6. The molecule has 0 fully saturated rings. The second-order valence-electron chi connectivity index (χ2n) is 7.99. The summed E-state index contributed by atoms with van der Waals surface area (Å²) in [5.74, 6) is -0.00109. The standard InChI is InChI=1S/C26H28N2O6S/c1-4-28(5-2)15-9-11-17-10-6-7-14-21(17)35(30,31)26-23(27)22-18-12-8-13-19(25(29)32-3)24(18)33-16-20(22)34-26/h6-14H,4-5,15-16,27H2,1-3H3/b11-9-. The van der Waals surface area contributed by atoms with E-state index in [-0.39, 0.29) is 39.4 Å². The summed E-state index contributed by atoms with van der Waals surface area (Å²) in [5.41, 5.74) is 8.01. The molecule has 0 unspecified atom stereocenters. The van der Waals surface area contributed by atoms with E-state index < -0.39 is 15.8 Å². The first-order chi connectivity index (χ1) is 16.8. The molecule has 0 atom stereocenters. The number of para-hydroxylation sites is 1. The Bertz CT molecular complexity index is 1390. The van der Waals surface area contributed by atoms with E-state index in [0.29, 0.717) is 23.2 Å². The minimum Gasteiger partial charge on any atom is -0.484 e. The highest BCUT2D eigenvalue weighted by molar-refractivity contribution is 7.91. The number of sulfone groups is 1. The van der Waals surface area contributed by atoms with Gasteiger partial charge in [0.25, 0.3) is 0 Å². The predicted octanol–water partition coefficient (Wildman–Crippen LogP) is 4.40. The number of hydrogen-bond donors (Lipinski definition) is 1. The van der Waals surface area contributed by atoms with E-state index >= 15 is 0 Å². The van der Waals surface area contributed by atoms with E-state index in [0.717, 1.165) is 13.1 Å². The van der Waals surface area contributed by atoms with Gasteiger partial charge in [-0.3, -0.25) is 0 Å². The van der Waals surface area contributed by atoms with Crippen molar-refractivity contribution in [2.75, 3.05) is 32.5 Å². The third-order valence-electron chi connectivity index (χ3n) is 6.03. The molecule has 0 saturated heterocycles. The molecule has 0 aliphatic carbocycles. The van der Waals surface area contributed by atoms with Crippen LogP contribution in [0, 0.1) is 0 Å². The van der Waals surface area contributed by atoms with Crippen LogP contribution in [0.1, 0.15) is 35.5 Å². The van der Waals surface area contributed by atoms with E-state index in [1.165, 1.54) is 13.2 Å². The highest BCUT2D eigenvalue weighted by Crippen LogP contribution is 2.47. The SMILES string of the molecule is CCN(CC)C/C=C\c1ccccc1S(=O)(=O)c1oc2c(c1N)-c1cccc(C(=O)OC)c1OC2. The maximum Gasteiger partial charge on any atom is 0.341 e. The third-order valence-corrected chi connectivity index (χ3v) is 7.77. The molecule has 0 bridgehead atoms. The molecule has 2 heterocycles. The number of furan rings is 1. The summed E-state index contributed by atoms with van der Waals surface area (Å²) in [5, 5.41) is -0.341. The normalized spacial score (nSPS) is 12.9. The van der Waals surface area contributed by atoms with Crippen LogP contribution in [0.3, 0.4) is 0 Å². The fraction of sp³-hybridized carbons (Fsp3) is 0.269. The molecule has 3 aromatic rings. The van der Waals surface area contributed by atoms with Crippen molar-refractivity contribution in [2.45, 2.75) is 30.4 Å². The predicted molar refractivity (Wildman–Crippen MR) is 133 cm³/mol. The molecule has 1 aliphatic heterocycles. The molecule has 0 saturated carbocycles. The summed E-state index contributed by atoms with van der Waals surface area (Å²) in [6.45, 7) is 6.59. The molecule has 35 heavy (non-hydrogen) atoms. The lowest BCUT2D eigenvalue weighted by atomic mass is 9.98. The molecule has 2 N–H and O–H groups in total. The number of esters is 1. The van der Waals surface area contributed by atoms with Crippen molar-refractivity contribution < 1.29 is 27.1 Å². The van der Waals surface area contributed by atoms with Crippen molar-refractivity contribution in [3.8, 4) is 16.9 Å². The molecule has 2 aromatic carbocycles. The summed E-state index contributed by atoms with van der Waals surface area (Å²) >= 11 is 0. The van der Waals surface area contributed by atoms with Gasteiger partial charge in [-0.1, -0.05) is 56.3 Å². The van der Waals surface area contributed by atoms with Crippen molar-refractivity contribution in [2.24, 2.45) is 0 Å². The zero-order valence-corrected chi connectivity index (χ0v) is 20.7. The van der Waals surface area contributed by atoms with Crippen LogP contribution in [0.25, 0.3) is 17.2 Å². The van der Waals surface area contributed by atoms with E-state index in [4.69, 9.17) is 19.6 Å². The Morgan fingerprint density at radius 3 is 2.60 bits per heavy atom. The van der Waals surface area contributed by atoms with Gasteiger partial charge in [0.05, 0.1) is 23.3 Å². The number of carbonyl (C=O) groups is 1. The monoisotopic (exact) mass is 496 g/mol. The molecule has 8 nitrogen and oxygen atoms in total. The second kappa shape index (κ2) is 9.97. The first-order valence-electron chi connectivity index (χ1n) is 11.3. The Hall–Kier alpha value is -3.56. The number of nitrogens with zero attached hydrogens (tertiary/aromatic N) is 1. The molecular formula is C26H28N2O6S. The van der Waals surface area contributed by atoms with Gasteiger partial charge in [-0.25, -0.2) is 13.2 Å². The summed E-state index contributed by atoms with van der Waals surface area (Å²) in [6, 6.07) is 11.6. The van der Waals surface area contributed by atoms with Crippen LogP contribution in [0.2, 0.25) is 0 Å². The zero-order valence-electron chi connectivity index (χ0n) is 19.9. The third kappa shape index (κ3) is 4.44. The van der Waals surface area contributed by atoms with Gasteiger partial charge in [-0.2, -0.15) is 0 Å². The highest BCUT2D eigenvalue weighted by Gasteiger charge is 2.35. The molecule has 1 aliphatic rings. The average molecular weight is 497 g/mol. The first-order valence-corrected chi connectivity index (χ1v) is 12.8. The zero-order chi connectivity index (χ0) is 25.2. The summed E-state index contributed by atoms with van der Waals surface area (Å²) in [6.07, 6.45) is 3.74. The smallest absolute Gasteiger partial charge is 0.341 e. The van der Waals surface area contributed by atoms with Crippen LogP contribution in [0.5, 0.6) is 5.75 Å². The van der Waals surface area contributed by atoms with Gasteiger partial charge >= 0.3 is 5.97 Å². The fourth-order valence-electron chi connectivity index (χ4n) is 4.14. The molecule has 0 radical (unpaired) electrons. The average Bonchev–Trinajstić information content (AvgIpc) is 3.23. The van der Waals surface area contributed by atoms with Crippen LogP contribution in [-0.4, -0.2) is 46.0 Å². The van der Waals surface area contributed by atoms with Crippen LogP contribution >= 0.6 is 0 Å². The molecule has 0 spiro atoms. The van der Waals surface area contributed by atoms with Crippen molar-refractivity contribution in [1.29, 1.82) is 0 Å². The minimum absolute atomic E-state index is 0.0199. The van der Waals surface area contributed by atoms with E-state index in [2.05, 4.69) is 18.7 Å². The van der Waals surface area contributed by atoms with E-state index in [1.54, 1.807) is 42.5 Å². The quantitative estimate of drug-likeness (QED) is 0.457. The van der Waals surface area contributed by atoms with Crippen LogP contribution in [0.4, 0.5) is 5.69 Å². The molecule has 184 valence electrons. The molecule has 4 rings (SSSR count). The Balaban J connectivity index is 1.77. The number of carbonyl (C=O) groups excluding carboxylic acids is 1. The number of likely N-dealkylation sites (N-methyl/N-ethyl adjacent to an activating group) is 1. The van der Waals surface area contributed by atoms with Gasteiger partial charge in [0.1, 0.15) is 17.9 Å². The summed E-state index contributed by atoms with van der Waals surface area (Å²) in [7, 11) is -2.81. The number of nitrogen functional groups attached to an aromatic ring is 1. The Morgan fingerprint density at radius 2 is 1.89 bits per heavy atom. The molecule has 9 heteroatoms. The number of hydrogen-bond acceptors (Lipinski definition) is 8. The summed E-state index contributed by atoms with van der Waals surface area (Å²) in [4.78, 5) is 14.5. The van der Waals surface area contributed by atoms with Crippen LogP contribution in [-0.2, 0) is 21.2 Å². The molecular weight excluding hydrogens is 468 g/mol. The number of fused-ring (bicyclic) bond motifs is 3. The van der Waals surface area contributed by atoms with Gasteiger partial charge in [0, 0.05) is 12.1 Å². The van der Waals surface area contributed by atoms with Gasteiger partial charge in [-0.05, 0) is 30.8 Å². The fourth-order valence-corrected chi connectivity index (χ4v) is 5.64. The van der Waals surface area contributed by atoms with E-state index in [1.807, 2.05) is 6.08 Å². The number of methoxy groups -OCH3 is 1. The number of ether oxygens (including phenoxy) is 2. The largest absolute Gasteiger partial charge is 0.484 e. The van der Waals surface area contributed by atoms with Crippen molar-refractivity contribution in [1.82, 2.24) is 4.90 Å². The number of rotatable bonds is 8. The Morgan fingerprint density at radius 1 is 1.14 bits per heavy atom. The lowest BCUT2D eigenvalue weighted by Crippen LogP contribution is -2.22. The van der Waals surface area contributed by atoms with E-state index in [9.17, 15) is 13.2 Å². The van der Waals surface area contributed by atoms with Crippen molar-refractivity contribution in [3.05, 3.63) is 65.4 Å². The van der Waals surface area contributed by atoms with Crippen molar-refractivity contribution in [3.63, 3.8) is 0 Å². The Labute approximate surface area is 204 Å². The maximum absolute atomic E-state index is 13.7. The molecule has 1 aromatic heterocycles. The van der Waals surface area contributed by atoms with Crippen molar-refractivity contribution >= 4 is 27.6 Å². The second-order valence-corrected chi connectivity index (χ2v) is 9.81. The Kier molecular flexibility index (Phi) is 7.00. The lowest BCUT2D eigenvalue weighted by Gasteiger charge is -2.19. The van der Waals surface area contributed by atoms with Gasteiger partial charge in [-0.15, -0.1) is 0 Å². The summed E-state index contributed by atoms with van der Waals surface area (Å²) < 4.78 is 43.8. The van der Waals surface area contributed by atoms with Crippen LogP contribution in [0.15, 0.2) is 62.9 Å². The maximum atomic E-state index is 13.7. The lowest BCUT2D eigenvalue weighted by molar-refractivity contribution is 0.0595. The molecule has 0 amide bonds. The van der Waals surface area contributed by atoms with Gasteiger partial charge < -0.3 is 24.5 Å². The number of benzene rings is 2. The highest BCUT2D eigenvalue weighted by atomic mass is 32.2. The number of nitrogens with two attached hydrogens (primary N) is 1. The van der Waals surface area contributed by atoms with Gasteiger partial charge in [0.2, 0.25) is 14.9 Å². The topological polar surface area (TPSA) is 112 Å². The number of anilines is 1. The van der Waals surface area contributed by atoms with Crippen LogP contribution < -0.4 is 10.5 Å². The van der Waals surface area contributed by atoms with Gasteiger partial charge in [0.15, 0.2) is 5.76 Å². The minimum atomic E-state index is -4.09.